The van der Waals surface area contributed by atoms with Crippen LogP contribution in [0.3, 0.4) is 0 Å². The smallest absolute Gasteiger partial charge is 0.258 e. The van der Waals surface area contributed by atoms with Crippen LogP contribution in [-0.4, -0.2) is 11.8 Å². The second-order valence-corrected chi connectivity index (χ2v) is 10.1. The maximum Gasteiger partial charge on any atom is 0.258 e. The van der Waals surface area contributed by atoms with Crippen LogP contribution >= 0.6 is 11.3 Å². The number of nitrogens with one attached hydrogen (secondary N) is 2. The van der Waals surface area contributed by atoms with E-state index in [4.69, 9.17) is 0 Å². The average molecular weight is 399 g/mol. The van der Waals surface area contributed by atoms with E-state index >= 15 is 0 Å². The predicted molar refractivity (Wildman–Crippen MR) is 117 cm³/mol. The second-order valence-electron chi connectivity index (χ2n) is 8.98. The fourth-order valence-electron chi connectivity index (χ4n) is 3.56. The predicted octanol–water partition coefficient (Wildman–Crippen LogP) is 5.73. The monoisotopic (exact) mass is 398 g/mol. The van der Waals surface area contributed by atoms with Crippen LogP contribution in [0.1, 0.15) is 66.0 Å². The Balaban J connectivity index is 2.00. The number of carbonyl (C=O) groups is 2. The van der Waals surface area contributed by atoms with Crippen molar-refractivity contribution < 1.29 is 9.59 Å². The van der Waals surface area contributed by atoms with Crippen LogP contribution in [0.15, 0.2) is 18.2 Å². The van der Waals surface area contributed by atoms with Gasteiger partial charge < -0.3 is 10.6 Å². The van der Waals surface area contributed by atoms with Crippen molar-refractivity contribution in [3.63, 3.8) is 0 Å². The number of amides is 2. The Labute approximate surface area is 171 Å². The summed E-state index contributed by atoms with van der Waals surface area (Å²) in [5.41, 5.74) is 4.16. The Morgan fingerprint density at radius 1 is 1.11 bits per heavy atom. The first kappa shape index (κ1) is 20.6. The van der Waals surface area contributed by atoms with Gasteiger partial charge in [0.25, 0.3) is 5.91 Å². The lowest BCUT2D eigenvalue weighted by atomic mass is 9.88. The Hall–Kier alpha value is -2.14. The van der Waals surface area contributed by atoms with Crippen LogP contribution in [0.2, 0.25) is 0 Å². The summed E-state index contributed by atoms with van der Waals surface area (Å²) in [5.74, 6) is 0.403. The van der Waals surface area contributed by atoms with E-state index in [-0.39, 0.29) is 11.8 Å². The van der Waals surface area contributed by atoms with Gasteiger partial charge in [-0.15, -0.1) is 11.3 Å². The third-order valence-electron chi connectivity index (χ3n) is 5.37. The maximum atomic E-state index is 13.3. The molecule has 1 aromatic heterocycles. The van der Waals surface area contributed by atoms with Gasteiger partial charge in [-0.1, -0.05) is 45.9 Å². The summed E-state index contributed by atoms with van der Waals surface area (Å²) in [6, 6.07) is 5.98. The minimum atomic E-state index is -0.516. The molecule has 3 rings (SSSR count). The lowest BCUT2D eigenvalue weighted by Crippen LogP contribution is -2.28. The second kappa shape index (κ2) is 7.70. The summed E-state index contributed by atoms with van der Waals surface area (Å²) in [6.45, 7) is 11.9. The largest absolute Gasteiger partial charge is 0.321 e. The van der Waals surface area contributed by atoms with E-state index < -0.39 is 5.41 Å². The molecule has 4 nitrogen and oxygen atoms in total. The van der Waals surface area contributed by atoms with Crippen molar-refractivity contribution in [1.29, 1.82) is 0 Å². The van der Waals surface area contributed by atoms with E-state index in [1.54, 1.807) is 11.3 Å². The molecule has 1 aromatic carbocycles. The summed E-state index contributed by atoms with van der Waals surface area (Å²) < 4.78 is 0. The molecule has 0 spiro atoms. The zero-order valence-electron chi connectivity index (χ0n) is 17.7. The highest BCUT2D eigenvalue weighted by Gasteiger charge is 2.30. The molecule has 2 aromatic rings. The normalized spacial score (nSPS) is 16.4. The number of fused-ring (bicyclic) bond motifs is 1. The van der Waals surface area contributed by atoms with E-state index in [0.29, 0.717) is 16.5 Å². The fourth-order valence-corrected chi connectivity index (χ4v) is 4.96. The quantitative estimate of drug-likeness (QED) is 0.694. The highest BCUT2D eigenvalue weighted by atomic mass is 32.1. The third-order valence-corrected chi connectivity index (χ3v) is 6.54. The van der Waals surface area contributed by atoms with Gasteiger partial charge in [-0.05, 0) is 55.7 Å². The number of para-hydroxylation sites is 1. The zero-order chi connectivity index (χ0) is 20.6. The molecule has 0 unspecified atom stereocenters. The Kier molecular flexibility index (Phi) is 5.67. The number of benzene rings is 1. The van der Waals surface area contributed by atoms with Crippen LogP contribution in [0.5, 0.6) is 0 Å². The van der Waals surface area contributed by atoms with Crippen LogP contribution in [0.25, 0.3) is 0 Å². The van der Waals surface area contributed by atoms with Gasteiger partial charge in [0.05, 0.1) is 5.56 Å². The van der Waals surface area contributed by atoms with Gasteiger partial charge >= 0.3 is 0 Å². The summed E-state index contributed by atoms with van der Waals surface area (Å²) >= 11 is 1.56. The fraction of sp³-hybridized carbons (Fsp3) is 0.478. The van der Waals surface area contributed by atoms with Gasteiger partial charge in [-0.3, -0.25) is 9.59 Å². The molecular formula is C23H30N2O2S. The molecule has 28 heavy (non-hydrogen) atoms. The number of anilines is 2. The first-order chi connectivity index (χ1) is 13.1. The first-order valence-electron chi connectivity index (χ1n) is 9.91. The topological polar surface area (TPSA) is 58.2 Å². The molecule has 0 fully saturated rings. The minimum Gasteiger partial charge on any atom is -0.321 e. The van der Waals surface area contributed by atoms with Gasteiger partial charge in [0.15, 0.2) is 0 Å². The molecule has 1 aliphatic carbocycles. The van der Waals surface area contributed by atoms with E-state index in [1.807, 2.05) is 52.8 Å². The van der Waals surface area contributed by atoms with Gasteiger partial charge in [-0.2, -0.15) is 0 Å². The Morgan fingerprint density at radius 3 is 2.36 bits per heavy atom. The van der Waals surface area contributed by atoms with Crippen LogP contribution in [-0.2, 0) is 17.6 Å². The Bertz CT molecular complexity index is 901. The number of hydrogen-bond donors (Lipinski definition) is 2. The minimum absolute atomic E-state index is 0.0692. The summed E-state index contributed by atoms with van der Waals surface area (Å²) in [5, 5.41) is 6.83. The molecule has 0 bridgehead atoms. The molecule has 150 valence electrons. The molecule has 2 amide bonds. The van der Waals surface area contributed by atoms with Crippen LogP contribution < -0.4 is 10.6 Å². The van der Waals surface area contributed by atoms with Gasteiger partial charge in [0.2, 0.25) is 5.91 Å². The van der Waals surface area contributed by atoms with Crippen LogP contribution in [0.4, 0.5) is 10.7 Å². The molecule has 0 saturated carbocycles. The van der Waals surface area contributed by atoms with Crippen molar-refractivity contribution in [3.8, 4) is 0 Å². The van der Waals surface area contributed by atoms with Crippen molar-refractivity contribution in [2.24, 2.45) is 11.3 Å². The molecule has 1 heterocycles. The number of rotatable bonds is 3. The van der Waals surface area contributed by atoms with Crippen LogP contribution in [0, 0.1) is 25.2 Å². The highest BCUT2D eigenvalue weighted by Crippen LogP contribution is 2.40. The van der Waals surface area contributed by atoms with E-state index in [0.717, 1.165) is 41.6 Å². The molecule has 5 heteroatoms. The summed E-state index contributed by atoms with van der Waals surface area (Å²) in [7, 11) is 0. The molecule has 1 atom stereocenters. The number of aryl methyl sites for hydroxylation is 2. The lowest BCUT2D eigenvalue weighted by molar-refractivity contribution is -0.123. The third kappa shape index (κ3) is 4.14. The standard InChI is InChI=1S/C23H30N2O2S/c1-13-10-11-16-17(12-13)28-21(25-22(27)23(4,5)6)18(16)20(26)24-19-14(2)8-7-9-15(19)3/h7-9,13H,10-12H2,1-6H3,(H,24,26)(H,25,27)/t13-/m0/s1. The van der Waals surface area contributed by atoms with Crippen molar-refractivity contribution >= 4 is 33.8 Å². The number of carbonyl (C=O) groups excluding carboxylic acids is 2. The van der Waals surface area contributed by atoms with Crippen molar-refractivity contribution in [2.75, 3.05) is 10.6 Å². The van der Waals surface area contributed by atoms with Gasteiger partial charge in [0, 0.05) is 16.0 Å². The van der Waals surface area contributed by atoms with Gasteiger partial charge in [-0.25, -0.2) is 0 Å². The average Bonchev–Trinajstić information content (AvgIpc) is 2.94. The first-order valence-corrected chi connectivity index (χ1v) is 10.7. The SMILES string of the molecule is Cc1cccc(C)c1NC(=O)c1c(NC(=O)C(C)(C)C)sc2c1CC[C@H](C)C2. The van der Waals surface area contributed by atoms with Crippen molar-refractivity contribution in [2.45, 2.75) is 60.8 Å². The zero-order valence-corrected chi connectivity index (χ0v) is 18.5. The summed E-state index contributed by atoms with van der Waals surface area (Å²) in [6.07, 6.45) is 2.92. The van der Waals surface area contributed by atoms with Crippen molar-refractivity contribution in [1.82, 2.24) is 0 Å². The molecule has 2 N–H and O–H groups in total. The number of thiophene rings is 1. The van der Waals surface area contributed by atoms with E-state index in [9.17, 15) is 9.59 Å². The maximum absolute atomic E-state index is 13.3. The lowest BCUT2D eigenvalue weighted by Gasteiger charge is -2.20. The number of hydrogen-bond acceptors (Lipinski definition) is 3. The van der Waals surface area contributed by atoms with Gasteiger partial charge in [0.1, 0.15) is 5.00 Å². The molecule has 1 aliphatic rings. The Morgan fingerprint density at radius 2 is 1.75 bits per heavy atom. The highest BCUT2D eigenvalue weighted by molar-refractivity contribution is 7.17. The van der Waals surface area contributed by atoms with E-state index in [1.165, 1.54) is 4.88 Å². The molecule has 0 radical (unpaired) electrons. The van der Waals surface area contributed by atoms with E-state index in [2.05, 4.69) is 17.6 Å². The molecule has 0 saturated heterocycles. The molecular weight excluding hydrogens is 368 g/mol. The molecule has 0 aliphatic heterocycles. The van der Waals surface area contributed by atoms with Crippen molar-refractivity contribution in [3.05, 3.63) is 45.3 Å². The summed E-state index contributed by atoms with van der Waals surface area (Å²) in [4.78, 5) is 27.2.